The molecule has 1 aromatic heterocycles. The van der Waals surface area contributed by atoms with E-state index in [0.29, 0.717) is 12.3 Å². The molecular weight excluding hydrogens is 166 g/mol. The summed E-state index contributed by atoms with van der Waals surface area (Å²) in [6.45, 7) is 5.71. The summed E-state index contributed by atoms with van der Waals surface area (Å²) in [5.41, 5.74) is 1.86. The van der Waals surface area contributed by atoms with E-state index in [0.717, 1.165) is 11.4 Å². The molecule has 4 heteroatoms. The van der Waals surface area contributed by atoms with Crippen LogP contribution in [0.5, 0.6) is 0 Å². The van der Waals surface area contributed by atoms with E-state index in [-0.39, 0.29) is 5.78 Å². The number of carbonyl (C=O) groups excluding carboxylic acids is 1. The number of hydrogen-bond donors (Lipinski definition) is 0. The van der Waals surface area contributed by atoms with Gasteiger partial charge in [-0.05, 0) is 12.8 Å². The molecular formula is C9H15N3O. The maximum absolute atomic E-state index is 10.9. The fraction of sp³-hybridized carbons (Fsp3) is 0.667. The number of aryl methyl sites for hydroxylation is 1. The van der Waals surface area contributed by atoms with Crippen molar-refractivity contribution in [2.45, 2.75) is 33.1 Å². The maximum atomic E-state index is 10.9. The molecule has 0 radical (unpaired) electrons. The van der Waals surface area contributed by atoms with Crippen LogP contribution >= 0.6 is 0 Å². The van der Waals surface area contributed by atoms with Gasteiger partial charge in [-0.2, -0.15) is 0 Å². The number of aromatic nitrogens is 3. The largest absolute Gasteiger partial charge is 0.300 e. The van der Waals surface area contributed by atoms with Crippen LogP contribution in [0.25, 0.3) is 0 Å². The lowest BCUT2D eigenvalue weighted by molar-refractivity contribution is -0.116. The van der Waals surface area contributed by atoms with Crippen molar-refractivity contribution in [3.8, 4) is 0 Å². The lowest BCUT2D eigenvalue weighted by Gasteiger charge is -2.06. The van der Waals surface area contributed by atoms with Crippen LogP contribution in [0, 0.1) is 0 Å². The fourth-order valence-electron chi connectivity index (χ4n) is 1.48. The number of nitrogens with zero attached hydrogens (tertiary/aromatic N) is 3. The highest BCUT2D eigenvalue weighted by molar-refractivity contribution is 5.77. The van der Waals surface area contributed by atoms with Gasteiger partial charge in [0.05, 0.1) is 17.8 Å². The third kappa shape index (κ3) is 2.14. The van der Waals surface area contributed by atoms with Crippen molar-refractivity contribution in [2.24, 2.45) is 7.05 Å². The molecule has 72 valence electrons. The standard InChI is InChI=1S/C9H15N3O/c1-6(2)9-8(5-7(3)13)10-11-12(9)4/h6H,5H2,1-4H3. The summed E-state index contributed by atoms with van der Waals surface area (Å²) in [5.74, 6) is 0.483. The van der Waals surface area contributed by atoms with Crippen molar-refractivity contribution < 1.29 is 4.79 Å². The van der Waals surface area contributed by atoms with Gasteiger partial charge in [-0.1, -0.05) is 19.1 Å². The van der Waals surface area contributed by atoms with Gasteiger partial charge in [-0.25, -0.2) is 0 Å². The van der Waals surface area contributed by atoms with Gasteiger partial charge in [0.2, 0.25) is 0 Å². The first-order valence-electron chi connectivity index (χ1n) is 4.40. The van der Waals surface area contributed by atoms with E-state index in [1.165, 1.54) is 0 Å². The topological polar surface area (TPSA) is 47.8 Å². The molecule has 0 fully saturated rings. The minimum atomic E-state index is 0.127. The van der Waals surface area contributed by atoms with Crippen molar-refractivity contribution in [2.75, 3.05) is 0 Å². The lowest BCUT2D eigenvalue weighted by Crippen LogP contribution is -2.05. The van der Waals surface area contributed by atoms with E-state index >= 15 is 0 Å². The Morgan fingerprint density at radius 1 is 1.54 bits per heavy atom. The third-order valence-electron chi connectivity index (χ3n) is 1.91. The molecule has 1 heterocycles. The summed E-state index contributed by atoms with van der Waals surface area (Å²) in [7, 11) is 1.85. The van der Waals surface area contributed by atoms with Crippen LogP contribution in [-0.4, -0.2) is 20.8 Å². The fourth-order valence-corrected chi connectivity index (χ4v) is 1.48. The van der Waals surface area contributed by atoms with E-state index in [2.05, 4.69) is 24.2 Å². The molecule has 0 aliphatic carbocycles. The Morgan fingerprint density at radius 3 is 2.62 bits per heavy atom. The summed E-state index contributed by atoms with van der Waals surface area (Å²) in [4.78, 5) is 10.9. The average molecular weight is 181 g/mol. The average Bonchev–Trinajstić information content (AvgIpc) is 2.30. The van der Waals surface area contributed by atoms with Crippen LogP contribution in [0.3, 0.4) is 0 Å². The number of hydrogen-bond acceptors (Lipinski definition) is 3. The Labute approximate surface area is 77.9 Å². The zero-order chi connectivity index (χ0) is 10.0. The Kier molecular flexibility index (Phi) is 2.80. The second kappa shape index (κ2) is 3.68. The summed E-state index contributed by atoms with van der Waals surface area (Å²) < 4.78 is 1.74. The first-order valence-corrected chi connectivity index (χ1v) is 4.40. The Balaban J connectivity index is 3.00. The molecule has 0 aliphatic heterocycles. The summed E-state index contributed by atoms with van der Waals surface area (Å²) >= 11 is 0. The summed E-state index contributed by atoms with van der Waals surface area (Å²) in [5, 5.41) is 7.87. The van der Waals surface area contributed by atoms with Gasteiger partial charge in [0.25, 0.3) is 0 Å². The monoisotopic (exact) mass is 181 g/mol. The number of ketones is 1. The third-order valence-corrected chi connectivity index (χ3v) is 1.91. The van der Waals surface area contributed by atoms with Crippen LogP contribution in [0.2, 0.25) is 0 Å². The SMILES string of the molecule is CC(=O)Cc1nnn(C)c1C(C)C. The van der Waals surface area contributed by atoms with E-state index in [1.54, 1.807) is 11.6 Å². The normalized spacial score (nSPS) is 10.8. The van der Waals surface area contributed by atoms with Crippen molar-refractivity contribution in [3.05, 3.63) is 11.4 Å². The van der Waals surface area contributed by atoms with Crippen LogP contribution in [0.4, 0.5) is 0 Å². The molecule has 13 heavy (non-hydrogen) atoms. The van der Waals surface area contributed by atoms with Gasteiger partial charge >= 0.3 is 0 Å². The van der Waals surface area contributed by atoms with Gasteiger partial charge in [0.1, 0.15) is 5.78 Å². The Bertz CT molecular complexity index is 315. The van der Waals surface area contributed by atoms with Gasteiger partial charge in [-0.3, -0.25) is 9.48 Å². The zero-order valence-corrected chi connectivity index (χ0v) is 8.53. The first-order chi connectivity index (χ1) is 6.02. The van der Waals surface area contributed by atoms with E-state index < -0.39 is 0 Å². The molecule has 0 aromatic carbocycles. The van der Waals surface area contributed by atoms with Crippen LogP contribution in [-0.2, 0) is 18.3 Å². The molecule has 0 saturated heterocycles. The smallest absolute Gasteiger partial charge is 0.135 e. The summed E-state index contributed by atoms with van der Waals surface area (Å²) in [6.07, 6.45) is 0.390. The second-order valence-electron chi connectivity index (χ2n) is 3.58. The molecule has 0 amide bonds. The van der Waals surface area contributed by atoms with Gasteiger partial charge < -0.3 is 0 Å². The van der Waals surface area contributed by atoms with Crippen LogP contribution < -0.4 is 0 Å². The van der Waals surface area contributed by atoms with Crippen LogP contribution in [0.1, 0.15) is 38.1 Å². The molecule has 1 aromatic rings. The van der Waals surface area contributed by atoms with Crippen LogP contribution in [0.15, 0.2) is 0 Å². The minimum absolute atomic E-state index is 0.127. The number of Topliss-reactive ketones (excluding diaryl/α,β-unsaturated/α-hetero) is 1. The zero-order valence-electron chi connectivity index (χ0n) is 8.53. The highest BCUT2D eigenvalue weighted by Gasteiger charge is 2.14. The number of carbonyl (C=O) groups is 1. The Hall–Kier alpha value is -1.19. The van der Waals surface area contributed by atoms with Crippen molar-refractivity contribution >= 4 is 5.78 Å². The molecule has 0 bridgehead atoms. The second-order valence-corrected chi connectivity index (χ2v) is 3.58. The Morgan fingerprint density at radius 2 is 2.15 bits per heavy atom. The van der Waals surface area contributed by atoms with E-state index in [4.69, 9.17) is 0 Å². The molecule has 0 N–H and O–H groups in total. The molecule has 0 aliphatic rings. The summed E-state index contributed by atoms with van der Waals surface area (Å²) in [6, 6.07) is 0. The molecule has 1 rings (SSSR count). The van der Waals surface area contributed by atoms with Gasteiger partial charge in [-0.15, -0.1) is 5.10 Å². The quantitative estimate of drug-likeness (QED) is 0.700. The highest BCUT2D eigenvalue weighted by Crippen LogP contribution is 2.16. The lowest BCUT2D eigenvalue weighted by atomic mass is 10.1. The van der Waals surface area contributed by atoms with Gasteiger partial charge in [0, 0.05) is 7.05 Å². The first kappa shape index (κ1) is 9.89. The predicted octanol–water partition coefficient (Wildman–Crippen LogP) is 1.07. The van der Waals surface area contributed by atoms with E-state index in [9.17, 15) is 4.79 Å². The van der Waals surface area contributed by atoms with Crippen molar-refractivity contribution in [3.63, 3.8) is 0 Å². The van der Waals surface area contributed by atoms with Crippen molar-refractivity contribution in [1.82, 2.24) is 15.0 Å². The predicted molar refractivity (Wildman–Crippen MR) is 49.5 cm³/mol. The van der Waals surface area contributed by atoms with E-state index in [1.807, 2.05) is 7.05 Å². The molecule has 4 nitrogen and oxygen atoms in total. The number of rotatable bonds is 3. The minimum Gasteiger partial charge on any atom is -0.300 e. The van der Waals surface area contributed by atoms with Gasteiger partial charge in [0.15, 0.2) is 0 Å². The molecule has 0 saturated carbocycles. The van der Waals surface area contributed by atoms with Crippen molar-refractivity contribution in [1.29, 1.82) is 0 Å². The molecule has 0 spiro atoms. The molecule has 0 atom stereocenters. The maximum Gasteiger partial charge on any atom is 0.135 e. The molecule has 0 unspecified atom stereocenters. The highest BCUT2D eigenvalue weighted by atomic mass is 16.1.